The van der Waals surface area contributed by atoms with E-state index in [0.29, 0.717) is 12.1 Å². The summed E-state index contributed by atoms with van der Waals surface area (Å²) in [5.74, 6) is 0. The van der Waals surface area contributed by atoms with E-state index in [1.165, 1.54) is 0 Å². The van der Waals surface area contributed by atoms with Gasteiger partial charge in [-0.25, -0.2) is 0 Å². The average Bonchev–Trinajstić information content (AvgIpc) is 2.67. The fourth-order valence-electron chi connectivity index (χ4n) is 3.74. The molecule has 3 aromatic carbocycles. The molecular formula is C24H25ClN2. The molecule has 2 N–H and O–H groups in total. The predicted molar refractivity (Wildman–Crippen MR) is 115 cm³/mol. The van der Waals surface area contributed by atoms with Crippen LogP contribution in [0, 0.1) is 5.41 Å². The maximum Gasteiger partial charge on any atom is 0.0964 e. The summed E-state index contributed by atoms with van der Waals surface area (Å²) in [7, 11) is 0. The standard InChI is InChI=1S/C24H25ClN2/c1-18(26)17-19(2)27-24(20-11-5-3-6-12-20,21-13-7-4-8-14-21)22-15-9-10-16-23(22)25/h3-16,19,26-27H,17H2,1-2H3. The highest BCUT2D eigenvalue weighted by Crippen LogP contribution is 2.40. The Hall–Kier alpha value is -2.42. The molecule has 0 radical (unpaired) electrons. The van der Waals surface area contributed by atoms with Gasteiger partial charge < -0.3 is 5.41 Å². The normalized spacial score (nSPS) is 12.6. The van der Waals surface area contributed by atoms with Crippen molar-refractivity contribution in [1.29, 1.82) is 5.41 Å². The van der Waals surface area contributed by atoms with Crippen molar-refractivity contribution in [2.45, 2.75) is 31.8 Å². The molecule has 0 aliphatic carbocycles. The van der Waals surface area contributed by atoms with E-state index in [-0.39, 0.29) is 6.04 Å². The third-order valence-corrected chi connectivity index (χ3v) is 5.10. The van der Waals surface area contributed by atoms with Crippen molar-refractivity contribution in [2.75, 3.05) is 0 Å². The molecule has 0 aromatic heterocycles. The zero-order valence-electron chi connectivity index (χ0n) is 15.7. The van der Waals surface area contributed by atoms with Gasteiger partial charge in [0.25, 0.3) is 0 Å². The van der Waals surface area contributed by atoms with Crippen LogP contribution < -0.4 is 5.32 Å². The highest BCUT2D eigenvalue weighted by Gasteiger charge is 2.38. The van der Waals surface area contributed by atoms with Crippen molar-refractivity contribution in [3.8, 4) is 0 Å². The van der Waals surface area contributed by atoms with Crippen LogP contribution in [0.1, 0.15) is 37.0 Å². The molecule has 1 unspecified atom stereocenters. The van der Waals surface area contributed by atoms with Crippen LogP contribution in [0.4, 0.5) is 0 Å². The van der Waals surface area contributed by atoms with Crippen LogP contribution in [0.5, 0.6) is 0 Å². The van der Waals surface area contributed by atoms with Crippen LogP contribution in [0.15, 0.2) is 84.9 Å². The minimum atomic E-state index is -0.601. The molecular weight excluding hydrogens is 352 g/mol. The van der Waals surface area contributed by atoms with Gasteiger partial charge in [-0.2, -0.15) is 0 Å². The number of hydrogen-bond donors (Lipinski definition) is 2. The molecule has 0 spiro atoms. The molecule has 0 fully saturated rings. The molecule has 138 valence electrons. The number of nitrogens with one attached hydrogen (secondary N) is 2. The van der Waals surface area contributed by atoms with Gasteiger partial charge in [0.15, 0.2) is 0 Å². The quantitative estimate of drug-likeness (QED) is 0.382. The topological polar surface area (TPSA) is 35.9 Å². The molecule has 0 saturated heterocycles. The molecule has 1 atom stereocenters. The lowest BCUT2D eigenvalue weighted by molar-refractivity contribution is 0.412. The van der Waals surface area contributed by atoms with Crippen molar-refractivity contribution in [3.63, 3.8) is 0 Å². The van der Waals surface area contributed by atoms with Gasteiger partial charge in [-0.05, 0) is 43.0 Å². The molecule has 3 heteroatoms. The fourth-order valence-corrected chi connectivity index (χ4v) is 4.02. The Morgan fingerprint density at radius 1 is 0.889 bits per heavy atom. The average molecular weight is 377 g/mol. The van der Waals surface area contributed by atoms with Crippen LogP contribution >= 0.6 is 11.6 Å². The Morgan fingerprint density at radius 3 is 1.85 bits per heavy atom. The van der Waals surface area contributed by atoms with E-state index in [1.807, 2.05) is 37.3 Å². The van der Waals surface area contributed by atoms with Gasteiger partial charge >= 0.3 is 0 Å². The van der Waals surface area contributed by atoms with Crippen LogP contribution in [0.3, 0.4) is 0 Å². The van der Waals surface area contributed by atoms with Crippen LogP contribution in [0.25, 0.3) is 0 Å². The van der Waals surface area contributed by atoms with Gasteiger partial charge in [-0.3, -0.25) is 5.32 Å². The maximum absolute atomic E-state index is 7.92. The third-order valence-electron chi connectivity index (χ3n) is 4.77. The maximum atomic E-state index is 7.92. The SMILES string of the molecule is CC(=N)CC(C)NC(c1ccccc1)(c1ccccc1)c1ccccc1Cl. The molecule has 0 aliphatic heterocycles. The van der Waals surface area contributed by atoms with E-state index in [4.69, 9.17) is 17.0 Å². The van der Waals surface area contributed by atoms with E-state index in [9.17, 15) is 0 Å². The number of rotatable bonds is 7. The molecule has 0 amide bonds. The second kappa shape index (κ2) is 8.51. The summed E-state index contributed by atoms with van der Waals surface area (Å²) >= 11 is 6.72. The van der Waals surface area contributed by atoms with Crippen LogP contribution in [-0.2, 0) is 5.54 Å². The summed E-state index contributed by atoms with van der Waals surface area (Å²) in [6.07, 6.45) is 0.672. The molecule has 0 aliphatic rings. The van der Waals surface area contributed by atoms with E-state index < -0.39 is 5.54 Å². The van der Waals surface area contributed by atoms with Gasteiger partial charge in [0, 0.05) is 16.8 Å². The van der Waals surface area contributed by atoms with Gasteiger partial charge in [0.1, 0.15) is 0 Å². The van der Waals surface area contributed by atoms with Gasteiger partial charge in [-0.1, -0.05) is 90.5 Å². The highest BCUT2D eigenvalue weighted by molar-refractivity contribution is 6.31. The van der Waals surface area contributed by atoms with Gasteiger partial charge in [-0.15, -0.1) is 0 Å². The molecule has 0 saturated carbocycles. The number of halogens is 1. The van der Waals surface area contributed by atoms with E-state index >= 15 is 0 Å². The molecule has 0 bridgehead atoms. The zero-order valence-corrected chi connectivity index (χ0v) is 16.5. The smallest absolute Gasteiger partial charge is 0.0964 e. The molecule has 3 aromatic rings. The van der Waals surface area contributed by atoms with Crippen molar-refractivity contribution in [2.24, 2.45) is 0 Å². The number of benzene rings is 3. The summed E-state index contributed by atoms with van der Waals surface area (Å²) in [5, 5.41) is 12.5. The van der Waals surface area contributed by atoms with E-state index in [2.05, 4.69) is 66.8 Å². The second-order valence-corrected chi connectivity index (χ2v) is 7.40. The minimum Gasteiger partial charge on any atom is -0.310 e. The minimum absolute atomic E-state index is 0.0965. The highest BCUT2D eigenvalue weighted by atomic mass is 35.5. The summed E-state index contributed by atoms with van der Waals surface area (Å²) in [5.41, 5.74) is 3.32. The largest absolute Gasteiger partial charge is 0.310 e. The summed E-state index contributed by atoms with van der Waals surface area (Å²) < 4.78 is 0. The Labute approximate surface area is 166 Å². The Balaban J connectivity index is 2.28. The van der Waals surface area contributed by atoms with Crippen molar-refractivity contribution in [1.82, 2.24) is 5.32 Å². The van der Waals surface area contributed by atoms with Crippen LogP contribution in [0.2, 0.25) is 5.02 Å². The van der Waals surface area contributed by atoms with E-state index in [0.717, 1.165) is 21.7 Å². The number of hydrogen-bond acceptors (Lipinski definition) is 2. The van der Waals surface area contributed by atoms with Crippen molar-refractivity contribution >= 4 is 17.3 Å². The lowest BCUT2D eigenvalue weighted by atomic mass is 9.76. The lowest BCUT2D eigenvalue weighted by Gasteiger charge is -2.40. The predicted octanol–water partition coefficient (Wildman–Crippen LogP) is 6.04. The third kappa shape index (κ3) is 4.13. The Kier molecular flexibility index (Phi) is 6.10. The summed E-state index contributed by atoms with van der Waals surface area (Å²) in [6, 6.07) is 28.9. The first-order valence-electron chi connectivity index (χ1n) is 9.22. The second-order valence-electron chi connectivity index (χ2n) is 6.99. The zero-order chi connectivity index (χ0) is 19.3. The molecule has 0 heterocycles. The van der Waals surface area contributed by atoms with Gasteiger partial charge in [0.05, 0.1) is 5.54 Å². The monoisotopic (exact) mass is 376 g/mol. The summed E-state index contributed by atoms with van der Waals surface area (Å²) in [4.78, 5) is 0. The van der Waals surface area contributed by atoms with Gasteiger partial charge in [0.2, 0.25) is 0 Å². The Bertz CT molecular complexity index is 851. The fraction of sp³-hybridized carbons (Fsp3) is 0.208. The first kappa shape index (κ1) is 19.3. The molecule has 3 rings (SSSR count). The van der Waals surface area contributed by atoms with E-state index in [1.54, 1.807) is 0 Å². The first-order chi connectivity index (χ1) is 13.0. The summed E-state index contributed by atoms with van der Waals surface area (Å²) in [6.45, 7) is 3.97. The van der Waals surface area contributed by atoms with Crippen molar-refractivity contribution in [3.05, 3.63) is 107 Å². The Morgan fingerprint density at radius 2 is 1.37 bits per heavy atom. The van der Waals surface area contributed by atoms with Crippen molar-refractivity contribution < 1.29 is 0 Å². The molecule has 27 heavy (non-hydrogen) atoms. The first-order valence-corrected chi connectivity index (χ1v) is 9.59. The lowest BCUT2D eigenvalue weighted by Crippen LogP contribution is -2.49. The van der Waals surface area contributed by atoms with Crippen LogP contribution in [-0.4, -0.2) is 11.8 Å². The molecule has 2 nitrogen and oxygen atoms in total.